The van der Waals surface area contributed by atoms with E-state index in [0.29, 0.717) is 13.0 Å². The van der Waals surface area contributed by atoms with Gasteiger partial charge in [-0.2, -0.15) is 8.78 Å². The second kappa shape index (κ2) is 10.6. The van der Waals surface area contributed by atoms with Gasteiger partial charge in [0.25, 0.3) is 0 Å². The number of nitrogens with zero attached hydrogens (tertiary/aromatic N) is 5. The average Bonchev–Trinajstić information content (AvgIpc) is 2.77. The monoisotopic (exact) mass is 420 g/mol. The van der Waals surface area contributed by atoms with E-state index < -0.39 is 6.61 Å². The smallest absolute Gasteiger partial charge is 0.387 e. The average molecular weight is 420 g/mol. The number of guanidine groups is 1. The van der Waals surface area contributed by atoms with E-state index in [1.54, 1.807) is 37.6 Å². The van der Waals surface area contributed by atoms with Gasteiger partial charge >= 0.3 is 6.61 Å². The molecule has 0 aliphatic carbocycles. The van der Waals surface area contributed by atoms with E-state index in [0.717, 1.165) is 43.7 Å². The van der Waals surface area contributed by atoms with Crippen molar-refractivity contribution in [3.05, 3.63) is 42.2 Å². The Hall–Kier alpha value is -3.17. The lowest BCUT2D eigenvalue weighted by Crippen LogP contribution is -2.53. The predicted octanol–water partition coefficient (Wildman–Crippen LogP) is 2.03. The minimum absolute atomic E-state index is 0.0358. The first kappa shape index (κ1) is 21.5. The lowest BCUT2D eigenvalue weighted by atomic mass is 10.1. The van der Waals surface area contributed by atoms with Crippen LogP contribution in [0.1, 0.15) is 5.56 Å². The molecule has 0 bridgehead atoms. The fourth-order valence-corrected chi connectivity index (χ4v) is 3.29. The molecule has 0 unspecified atom stereocenters. The number of benzene rings is 1. The quantitative estimate of drug-likeness (QED) is 0.543. The molecule has 8 nitrogen and oxygen atoms in total. The number of anilines is 1. The van der Waals surface area contributed by atoms with Crippen LogP contribution in [-0.2, 0) is 6.42 Å². The SMILES string of the molecule is CN=C(NCCc1ccc(OC)c(OC(F)F)c1)N1CCN(c2ncccn2)CC1. The van der Waals surface area contributed by atoms with Crippen molar-refractivity contribution in [2.75, 3.05) is 51.8 Å². The Kier molecular flexibility index (Phi) is 7.58. The molecule has 10 heteroatoms. The number of halogens is 2. The van der Waals surface area contributed by atoms with Gasteiger partial charge < -0.3 is 24.6 Å². The van der Waals surface area contributed by atoms with Crippen molar-refractivity contribution in [3.63, 3.8) is 0 Å². The topological polar surface area (TPSA) is 75.1 Å². The van der Waals surface area contributed by atoms with E-state index in [2.05, 4.69) is 34.8 Å². The number of nitrogens with one attached hydrogen (secondary N) is 1. The molecule has 0 atom stereocenters. The first-order chi connectivity index (χ1) is 14.6. The normalized spacial score (nSPS) is 14.8. The number of rotatable bonds is 7. The second-order valence-corrected chi connectivity index (χ2v) is 6.61. The molecular weight excluding hydrogens is 394 g/mol. The van der Waals surface area contributed by atoms with Crippen LogP contribution < -0.4 is 19.7 Å². The van der Waals surface area contributed by atoms with E-state index in [1.165, 1.54) is 7.11 Å². The zero-order valence-electron chi connectivity index (χ0n) is 17.1. The van der Waals surface area contributed by atoms with Gasteiger partial charge in [-0.05, 0) is 30.2 Å². The first-order valence-corrected chi connectivity index (χ1v) is 9.70. The molecule has 3 rings (SSSR count). The van der Waals surface area contributed by atoms with E-state index in [4.69, 9.17) is 4.74 Å². The third-order valence-corrected chi connectivity index (χ3v) is 4.77. The molecule has 2 heterocycles. The van der Waals surface area contributed by atoms with Gasteiger partial charge in [-0.25, -0.2) is 9.97 Å². The van der Waals surface area contributed by atoms with Gasteiger partial charge in [0.05, 0.1) is 7.11 Å². The van der Waals surface area contributed by atoms with Crippen LogP contribution in [0, 0.1) is 0 Å². The maximum absolute atomic E-state index is 12.6. The molecule has 1 aliphatic heterocycles. The lowest BCUT2D eigenvalue weighted by Gasteiger charge is -2.36. The molecule has 1 fully saturated rings. The van der Waals surface area contributed by atoms with Gasteiger partial charge in [-0.1, -0.05) is 6.07 Å². The van der Waals surface area contributed by atoms with Crippen LogP contribution in [0.5, 0.6) is 11.5 Å². The standard InChI is InChI=1S/C20H26F2N6O2/c1-23-19(27-10-12-28(13-11-27)20-24-7-3-8-25-20)26-9-6-15-4-5-16(29-2)17(14-15)30-18(21)22/h3-5,7-8,14,18H,6,9-13H2,1-2H3,(H,23,26). The fourth-order valence-electron chi connectivity index (χ4n) is 3.29. The van der Waals surface area contributed by atoms with Gasteiger partial charge in [-0.3, -0.25) is 4.99 Å². The third-order valence-electron chi connectivity index (χ3n) is 4.77. The summed E-state index contributed by atoms with van der Waals surface area (Å²) in [4.78, 5) is 17.3. The van der Waals surface area contributed by atoms with Gasteiger partial charge in [0.15, 0.2) is 17.5 Å². The Labute approximate surface area is 174 Å². The molecule has 1 saturated heterocycles. The van der Waals surface area contributed by atoms with Crippen molar-refractivity contribution in [1.82, 2.24) is 20.2 Å². The number of hydrogen-bond donors (Lipinski definition) is 1. The van der Waals surface area contributed by atoms with Crippen molar-refractivity contribution in [2.24, 2.45) is 4.99 Å². The summed E-state index contributed by atoms with van der Waals surface area (Å²) in [5.74, 6) is 1.86. The summed E-state index contributed by atoms with van der Waals surface area (Å²) in [6.45, 7) is 0.912. The molecule has 1 aliphatic rings. The minimum atomic E-state index is -2.90. The molecule has 2 aromatic rings. The highest BCUT2D eigenvalue weighted by Gasteiger charge is 2.21. The third kappa shape index (κ3) is 5.68. The second-order valence-electron chi connectivity index (χ2n) is 6.61. The molecule has 0 spiro atoms. The summed E-state index contributed by atoms with van der Waals surface area (Å²) < 4.78 is 34.8. The van der Waals surface area contributed by atoms with E-state index in [-0.39, 0.29) is 11.5 Å². The van der Waals surface area contributed by atoms with Crippen molar-refractivity contribution < 1.29 is 18.3 Å². The highest BCUT2D eigenvalue weighted by Crippen LogP contribution is 2.29. The van der Waals surface area contributed by atoms with Crippen LogP contribution >= 0.6 is 0 Å². The number of aromatic nitrogens is 2. The van der Waals surface area contributed by atoms with Gasteiger partial charge in [0.2, 0.25) is 5.95 Å². The lowest BCUT2D eigenvalue weighted by molar-refractivity contribution is -0.0512. The number of piperazine rings is 1. The number of ether oxygens (including phenoxy) is 2. The Morgan fingerprint density at radius 2 is 1.90 bits per heavy atom. The molecule has 0 saturated carbocycles. The van der Waals surface area contributed by atoms with Crippen molar-refractivity contribution in [2.45, 2.75) is 13.0 Å². The summed E-state index contributed by atoms with van der Waals surface area (Å²) in [6.07, 6.45) is 4.11. The maximum Gasteiger partial charge on any atom is 0.387 e. The number of hydrogen-bond acceptors (Lipinski definition) is 6. The van der Waals surface area contributed by atoms with Crippen LogP contribution in [0.4, 0.5) is 14.7 Å². The zero-order valence-corrected chi connectivity index (χ0v) is 17.1. The number of aliphatic imine (C=N–C) groups is 1. The van der Waals surface area contributed by atoms with E-state index in [9.17, 15) is 8.78 Å². The summed E-state index contributed by atoms with van der Waals surface area (Å²) in [5.41, 5.74) is 0.862. The molecular formula is C20H26F2N6O2. The Bertz CT molecular complexity index is 829. The van der Waals surface area contributed by atoms with Crippen LogP contribution in [0.25, 0.3) is 0 Å². The van der Waals surface area contributed by atoms with Crippen LogP contribution in [0.2, 0.25) is 0 Å². The van der Waals surface area contributed by atoms with E-state index >= 15 is 0 Å². The Balaban J connectivity index is 1.50. The summed E-state index contributed by atoms with van der Waals surface area (Å²) in [6, 6.07) is 6.85. The molecule has 1 N–H and O–H groups in total. The van der Waals surface area contributed by atoms with Crippen molar-refractivity contribution in [3.8, 4) is 11.5 Å². The van der Waals surface area contributed by atoms with Crippen molar-refractivity contribution in [1.29, 1.82) is 0 Å². The molecule has 162 valence electrons. The zero-order chi connectivity index (χ0) is 21.3. The van der Waals surface area contributed by atoms with E-state index in [1.807, 2.05) is 6.07 Å². The highest BCUT2D eigenvalue weighted by molar-refractivity contribution is 5.80. The number of methoxy groups -OCH3 is 1. The summed E-state index contributed by atoms with van der Waals surface area (Å²) in [5, 5.41) is 3.34. The first-order valence-electron chi connectivity index (χ1n) is 9.70. The van der Waals surface area contributed by atoms with Crippen molar-refractivity contribution >= 4 is 11.9 Å². The van der Waals surface area contributed by atoms with Crippen LogP contribution in [0.15, 0.2) is 41.7 Å². The summed E-state index contributed by atoms with van der Waals surface area (Å²) in [7, 11) is 3.17. The Morgan fingerprint density at radius 1 is 1.17 bits per heavy atom. The predicted molar refractivity (Wildman–Crippen MR) is 111 cm³/mol. The molecule has 30 heavy (non-hydrogen) atoms. The molecule has 0 radical (unpaired) electrons. The van der Waals surface area contributed by atoms with Crippen LogP contribution in [0.3, 0.4) is 0 Å². The molecule has 1 aromatic heterocycles. The Morgan fingerprint density at radius 3 is 2.53 bits per heavy atom. The highest BCUT2D eigenvalue weighted by atomic mass is 19.3. The number of alkyl halides is 2. The van der Waals surface area contributed by atoms with Crippen LogP contribution in [-0.4, -0.2) is 74.3 Å². The summed E-state index contributed by atoms with van der Waals surface area (Å²) >= 11 is 0. The minimum Gasteiger partial charge on any atom is -0.493 e. The molecule has 0 amide bonds. The largest absolute Gasteiger partial charge is 0.493 e. The van der Waals surface area contributed by atoms with Gasteiger partial charge in [0, 0.05) is 52.2 Å². The fraction of sp³-hybridized carbons (Fsp3) is 0.450. The maximum atomic E-state index is 12.6. The molecule has 1 aromatic carbocycles. The van der Waals surface area contributed by atoms with Gasteiger partial charge in [-0.15, -0.1) is 0 Å². The van der Waals surface area contributed by atoms with Gasteiger partial charge in [0.1, 0.15) is 0 Å².